The summed E-state index contributed by atoms with van der Waals surface area (Å²) in [5.41, 5.74) is 1.34. The molecule has 1 aromatic carbocycles. The third kappa shape index (κ3) is 3.39. The van der Waals surface area contributed by atoms with Gasteiger partial charge in [0.25, 0.3) is 5.56 Å². The lowest BCUT2D eigenvalue weighted by Gasteiger charge is -2.08. The van der Waals surface area contributed by atoms with Crippen LogP contribution >= 0.6 is 11.3 Å². The van der Waals surface area contributed by atoms with Gasteiger partial charge in [0.15, 0.2) is 0 Å². The number of thiophene rings is 1. The summed E-state index contributed by atoms with van der Waals surface area (Å²) in [5.74, 6) is 0.502. The molecule has 4 aromatic rings. The topological polar surface area (TPSA) is 86.1 Å². The number of fused-ring (bicyclic) bond motifs is 3. The van der Waals surface area contributed by atoms with Gasteiger partial charge < -0.3 is 10.1 Å². The summed E-state index contributed by atoms with van der Waals surface area (Å²) in [5, 5.41) is 3.66. The zero-order valence-corrected chi connectivity index (χ0v) is 15.3. The van der Waals surface area contributed by atoms with Gasteiger partial charge in [0, 0.05) is 18.1 Å². The van der Waals surface area contributed by atoms with Crippen LogP contribution in [0.1, 0.15) is 5.56 Å². The van der Waals surface area contributed by atoms with Crippen molar-refractivity contribution in [1.82, 2.24) is 19.9 Å². The normalized spacial score (nSPS) is 11.0. The molecule has 0 atom stereocenters. The second-order valence-corrected chi connectivity index (χ2v) is 6.94. The number of pyridine rings is 1. The highest BCUT2D eigenvalue weighted by Crippen LogP contribution is 2.27. The van der Waals surface area contributed by atoms with Gasteiger partial charge in [-0.05, 0) is 29.8 Å². The van der Waals surface area contributed by atoms with Crippen molar-refractivity contribution in [1.29, 1.82) is 0 Å². The summed E-state index contributed by atoms with van der Waals surface area (Å²) in [6, 6.07) is 11.1. The summed E-state index contributed by atoms with van der Waals surface area (Å²) in [6.07, 6.45) is 3.10. The largest absolute Gasteiger partial charge is 0.497 e. The van der Waals surface area contributed by atoms with Gasteiger partial charge >= 0.3 is 0 Å². The van der Waals surface area contributed by atoms with Crippen LogP contribution in [0.15, 0.2) is 53.7 Å². The molecule has 136 valence electrons. The Kier molecular flexibility index (Phi) is 4.55. The van der Waals surface area contributed by atoms with Gasteiger partial charge in [-0.15, -0.1) is 11.3 Å². The van der Waals surface area contributed by atoms with Crippen LogP contribution < -0.4 is 15.6 Å². The van der Waals surface area contributed by atoms with E-state index in [0.29, 0.717) is 16.8 Å². The van der Waals surface area contributed by atoms with Gasteiger partial charge in [-0.25, -0.2) is 9.97 Å². The van der Waals surface area contributed by atoms with Crippen molar-refractivity contribution in [3.63, 3.8) is 0 Å². The Bertz CT molecular complexity index is 1180. The minimum atomic E-state index is -0.256. The highest BCUT2D eigenvalue weighted by atomic mass is 32.1. The number of carbonyl (C=O) groups is 1. The molecule has 1 N–H and O–H groups in total. The number of nitrogens with zero attached hydrogens (tertiary/aromatic N) is 3. The number of hydrogen-bond acceptors (Lipinski definition) is 6. The predicted molar refractivity (Wildman–Crippen MR) is 104 cm³/mol. The van der Waals surface area contributed by atoms with Crippen LogP contribution in [0.5, 0.6) is 5.75 Å². The number of ether oxygens (including phenoxy) is 1. The van der Waals surface area contributed by atoms with E-state index in [2.05, 4.69) is 15.3 Å². The number of hydrogen-bond donors (Lipinski definition) is 1. The van der Waals surface area contributed by atoms with Crippen molar-refractivity contribution in [2.45, 2.75) is 13.1 Å². The molecule has 0 radical (unpaired) electrons. The maximum atomic E-state index is 12.7. The van der Waals surface area contributed by atoms with Crippen LogP contribution in [0.3, 0.4) is 0 Å². The summed E-state index contributed by atoms with van der Waals surface area (Å²) in [4.78, 5) is 34.3. The molecule has 0 saturated heterocycles. The van der Waals surface area contributed by atoms with Crippen molar-refractivity contribution >= 4 is 37.7 Å². The van der Waals surface area contributed by atoms with E-state index < -0.39 is 0 Å². The fourth-order valence-corrected chi connectivity index (χ4v) is 3.82. The van der Waals surface area contributed by atoms with Gasteiger partial charge in [0.2, 0.25) is 5.91 Å². The molecule has 3 aromatic heterocycles. The molecular formula is C19H16N4O3S. The first kappa shape index (κ1) is 17.2. The third-order valence-corrected chi connectivity index (χ3v) is 5.27. The maximum absolute atomic E-state index is 12.7. The maximum Gasteiger partial charge on any atom is 0.271 e. The highest BCUT2D eigenvalue weighted by molar-refractivity contribution is 7.25. The first-order valence-corrected chi connectivity index (χ1v) is 9.09. The first-order valence-electron chi connectivity index (χ1n) is 8.28. The SMILES string of the molecule is COc1ccc(CNC(=O)Cn2cnc3c(sc4ncccc43)c2=O)cc1. The Labute approximate surface area is 158 Å². The molecule has 0 saturated carbocycles. The van der Waals surface area contributed by atoms with Crippen molar-refractivity contribution in [2.75, 3.05) is 7.11 Å². The molecule has 0 unspecified atom stereocenters. The predicted octanol–water partition coefficient (Wildman–Crippen LogP) is 2.33. The van der Waals surface area contributed by atoms with E-state index >= 15 is 0 Å². The molecule has 3 heterocycles. The van der Waals surface area contributed by atoms with Crippen molar-refractivity contribution in [3.8, 4) is 5.75 Å². The fourth-order valence-electron chi connectivity index (χ4n) is 2.77. The lowest BCUT2D eigenvalue weighted by molar-refractivity contribution is -0.121. The Morgan fingerprint density at radius 1 is 1.22 bits per heavy atom. The quantitative estimate of drug-likeness (QED) is 0.574. The average Bonchev–Trinajstić information content (AvgIpc) is 3.08. The molecule has 0 aliphatic carbocycles. The van der Waals surface area contributed by atoms with Gasteiger partial charge in [-0.1, -0.05) is 12.1 Å². The van der Waals surface area contributed by atoms with E-state index in [4.69, 9.17) is 4.74 Å². The lowest BCUT2D eigenvalue weighted by Crippen LogP contribution is -2.31. The van der Waals surface area contributed by atoms with E-state index in [-0.39, 0.29) is 18.0 Å². The number of rotatable bonds is 5. The van der Waals surface area contributed by atoms with Gasteiger partial charge in [0.05, 0.1) is 19.0 Å². The van der Waals surface area contributed by atoms with Crippen LogP contribution in [0, 0.1) is 0 Å². The van der Waals surface area contributed by atoms with Gasteiger partial charge in [0.1, 0.15) is 21.8 Å². The standard InChI is InChI=1S/C19H16N4O3S/c1-26-13-6-4-12(5-7-13)9-21-15(24)10-23-11-22-16-14-3-2-8-20-18(14)27-17(16)19(23)25/h2-8,11H,9-10H2,1H3,(H,21,24). The van der Waals surface area contributed by atoms with Crippen LogP contribution in [0.25, 0.3) is 20.4 Å². The van der Waals surface area contributed by atoms with Crippen molar-refractivity contribution in [3.05, 3.63) is 64.8 Å². The van der Waals surface area contributed by atoms with E-state index in [0.717, 1.165) is 21.5 Å². The number of methoxy groups -OCH3 is 1. The smallest absolute Gasteiger partial charge is 0.271 e. The van der Waals surface area contributed by atoms with E-state index in [9.17, 15) is 9.59 Å². The summed E-state index contributed by atoms with van der Waals surface area (Å²) in [6.45, 7) is 0.291. The first-order chi connectivity index (χ1) is 13.2. The molecule has 8 heteroatoms. The van der Waals surface area contributed by atoms with Crippen LogP contribution in [-0.2, 0) is 17.9 Å². The van der Waals surface area contributed by atoms with Crippen LogP contribution in [0.2, 0.25) is 0 Å². The zero-order valence-electron chi connectivity index (χ0n) is 14.5. The molecule has 7 nitrogen and oxygen atoms in total. The highest BCUT2D eigenvalue weighted by Gasteiger charge is 2.13. The van der Waals surface area contributed by atoms with E-state index in [1.165, 1.54) is 22.2 Å². The summed E-state index contributed by atoms with van der Waals surface area (Å²) < 4.78 is 6.94. The average molecular weight is 380 g/mol. The minimum Gasteiger partial charge on any atom is -0.497 e. The molecular weight excluding hydrogens is 364 g/mol. The minimum absolute atomic E-state index is 0.0837. The monoisotopic (exact) mass is 380 g/mol. The molecule has 0 bridgehead atoms. The Balaban J connectivity index is 1.50. The van der Waals surface area contributed by atoms with Gasteiger partial charge in [-0.2, -0.15) is 0 Å². The summed E-state index contributed by atoms with van der Waals surface area (Å²) >= 11 is 1.29. The molecule has 0 spiro atoms. The number of aromatic nitrogens is 3. The van der Waals surface area contributed by atoms with E-state index in [1.807, 2.05) is 36.4 Å². The second-order valence-electron chi connectivity index (χ2n) is 5.94. The number of carbonyl (C=O) groups excluding carboxylic acids is 1. The molecule has 0 fully saturated rings. The number of amides is 1. The van der Waals surface area contributed by atoms with Gasteiger partial charge in [-0.3, -0.25) is 14.2 Å². The summed E-state index contributed by atoms with van der Waals surface area (Å²) in [7, 11) is 1.60. The lowest BCUT2D eigenvalue weighted by atomic mass is 10.2. The Morgan fingerprint density at radius 2 is 2.04 bits per heavy atom. The van der Waals surface area contributed by atoms with E-state index in [1.54, 1.807) is 13.3 Å². The van der Waals surface area contributed by atoms with Crippen LogP contribution in [-0.4, -0.2) is 27.6 Å². The second kappa shape index (κ2) is 7.16. The van der Waals surface area contributed by atoms with Crippen LogP contribution in [0.4, 0.5) is 0 Å². The number of nitrogens with one attached hydrogen (secondary N) is 1. The number of benzene rings is 1. The third-order valence-electron chi connectivity index (χ3n) is 4.18. The molecule has 4 rings (SSSR count). The molecule has 0 aliphatic heterocycles. The Morgan fingerprint density at radius 3 is 2.81 bits per heavy atom. The van der Waals surface area contributed by atoms with Crippen molar-refractivity contribution in [2.24, 2.45) is 0 Å². The van der Waals surface area contributed by atoms with Crippen molar-refractivity contribution < 1.29 is 9.53 Å². The zero-order chi connectivity index (χ0) is 18.8. The molecule has 27 heavy (non-hydrogen) atoms. The fraction of sp³-hybridized carbons (Fsp3) is 0.158. The Hall–Kier alpha value is -3.26. The molecule has 1 amide bonds. The molecule has 0 aliphatic rings.